The largest absolute Gasteiger partial charge is 0.481 e. The van der Waals surface area contributed by atoms with Gasteiger partial charge in [0, 0.05) is 0 Å². The Bertz CT molecular complexity index is 529. The number of aliphatic hydroxyl groups is 1. The van der Waals surface area contributed by atoms with Crippen LogP contribution in [0.25, 0.3) is 0 Å². The van der Waals surface area contributed by atoms with Gasteiger partial charge in [0.25, 0.3) is 0 Å². The monoisotopic (exact) mass is 305 g/mol. The zero-order valence-electron chi connectivity index (χ0n) is 12.6. The summed E-state index contributed by atoms with van der Waals surface area (Å²) >= 11 is 0. The number of amides is 1. The van der Waals surface area contributed by atoms with Crippen LogP contribution in [0.4, 0.5) is 0 Å². The Morgan fingerprint density at radius 1 is 1.18 bits per heavy atom. The maximum Gasteiger partial charge on any atom is 0.316 e. The minimum Gasteiger partial charge on any atom is -0.481 e. The molecule has 2 atom stereocenters. The van der Waals surface area contributed by atoms with Gasteiger partial charge in [0.2, 0.25) is 5.91 Å². The van der Waals surface area contributed by atoms with Crippen LogP contribution in [0.15, 0.2) is 24.3 Å². The van der Waals surface area contributed by atoms with Crippen molar-refractivity contribution in [3.05, 3.63) is 35.4 Å². The fourth-order valence-corrected chi connectivity index (χ4v) is 2.94. The van der Waals surface area contributed by atoms with Gasteiger partial charge in [-0.2, -0.15) is 0 Å². The molecular formula is C17H23NO4. The predicted molar refractivity (Wildman–Crippen MR) is 82.5 cm³/mol. The lowest BCUT2D eigenvalue weighted by Gasteiger charge is -2.22. The number of carbonyl (C=O) groups excluding carboxylic acids is 1. The summed E-state index contributed by atoms with van der Waals surface area (Å²) in [5.74, 6) is -2.61. The summed E-state index contributed by atoms with van der Waals surface area (Å²) < 4.78 is 0. The van der Waals surface area contributed by atoms with Crippen molar-refractivity contribution in [3.8, 4) is 0 Å². The molecule has 5 heteroatoms. The smallest absolute Gasteiger partial charge is 0.316 e. The number of benzene rings is 1. The normalized spacial score (nSPS) is 23.6. The number of aliphatic hydroxyl groups excluding tert-OH is 1. The van der Waals surface area contributed by atoms with E-state index in [1.165, 1.54) is 5.56 Å². The molecule has 0 radical (unpaired) electrons. The number of fused-ring (bicyclic) bond motifs is 1. The van der Waals surface area contributed by atoms with Gasteiger partial charge in [0.05, 0.1) is 12.6 Å². The molecule has 120 valence electrons. The van der Waals surface area contributed by atoms with E-state index in [2.05, 4.69) is 11.4 Å². The van der Waals surface area contributed by atoms with Crippen molar-refractivity contribution in [2.75, 3.05) is 6.61 Å². The zero-order valence-corrected chi connectivity index (χ0v) is 12.6. The van der Waals surface area contributed by atoms with Crippen molar-refractivity contribution in [2.45, 2.75) is 44.6 Å². The lowest BCUT2D eigenvalue weighted by molar-refractivity contribution is -0.147. The number of aliphatic carboxylic acids is 1. The molecule has 1 aromatic carbocycles. The van der Waals surface area contributed by atoms with Gasteiger partial charge < -0.3 is 15.5 Å². The Labute approximate surface area is 130 Å². The van der Waals surface area contributed by atoms with Crippen LogP contribution < -0.4 is 5.32 Å². The average Bonchev–Trinajstić information content (AvgIpc) is 2.49. The molecule has 0 aliphatic carbocycles. The molecule has 5 nitrogen and oxygen atoms in total. The number of carboxylic acids is 1. The fourth-order valence-electron chi connectivity index (χ4n) is 2.94. The third-order valence-corrected chi connectivity index (χ3v) is 4.20. The number of hydrogen-bond acceptors (Lipinski definition) is 3. The summed E-state index contributed by atoms with van der Waals surface area (Å²) in [6.45, 7) is -0.202. The van der Waals surface area contributed by atoms with Crippen LogP contribution in [-0.4, -0.2) is 34.7 Å². The van der Waals surface area contributed by atoms with Crippen LogP contribution in [0, 0.1) is 5.92 Å². The first-order valence-electron chi connectivity index (χ1n) is 7.82. The van der Waals surface area contributed by atoms with Crippen LogP contribution in [0.5, 0.6) is 0 Å². The molecule has 1 amide bonds. The van der Waals surface area contributed by atoms with E-state index in [4.69, 9.17) is 0 Å². The molecule has 22 heavy (non-hydrogen) atoms. The second-order valence-corrected chi connectivity index (χ2v) is 5.85. The Hall–Kier alpha value is -1.88. The summed E-state index contributed by atoms with van der Waals surface area (Å²) in [5.41, 5.74) is 2.35. The van der Waals surface area contributed by atoms with Gasteiger partial charge in [-0.3, -0.25) is 9.59 Å². The van der Waals surface area contributed by atoms with Gasteiger partial charge in [0.15, 0.2) is 0 Å². The zero-order chi connectivity index (χ0) is 15.9. The predicted octanol–water partition coefficient (Wildman–Crippen LogP) is 1.52. The first-order valence-corrected chi connectivity index (χ1v) is 7.82. The maximum absolute atomic E-state index is 12.1. The SMILES string of the molecule is O=C(O)C1CCCCCc2ccccc2CC(CO)NC1=O. The number of nitrogens with one attached hydrogen (secondary N) is 1. The Morgan fingerprint density at radius 3 is 2.59 bits per heavy atom. The molecule has 0 fully saturated rings. The van der Waals surface area contributed by atoms with Crippen molar-refractivity contribution in [3.63, 3.8) is 0 Å². The van der Waals surface area contributed by atoms with E-state index < -0.39 is 23.8 Å². The van der Waals surface area contributed by atoms with E-state index in [9.17, 15) is 19.8 Å². The summed E-state index contributed by atoms with van der Waals surface area (Å²) in [4.78, 5) is 23.4. The van der Waals surface area contributed by atoms with Crippen LogP contribution in [0.1, 0.15) is 36.8 Å². The highest BCUT2D eigenvalue weighted by Gasteiger charge is 2.28. The molecule has 1 aromatic rings. The molecule has 0 aromatic heterocycles. The molecule has 2 unspecified atom stereocenters. The molecule has 1 aliphatic heterocycles. The Kier molecular flexibility index (Phi) is 5.95. The number of rotatable bonds is 2. The lowest BCUT2D eigenvalue weighted by atomic mass is 9.93. The minimum atomic E-state index is -1.09. The highest BCUT2D eigenvalue weighted by Crippen LogP contribution is 2.18. The highest BCUT2D eigenvalue weighted by atomic mass is 16.4. The summed E-state index contributed by atoms with van der Waals surface area (Å²) in [5, 5.41) is 21.4. The van der Waals surface area contributed by atoms with Crippen molar-refractivity contribution in [1.29, 1.82) is 0 Å². The van der Waals surface area contributed by atoms with Crippen molar-refractivity contribution < 1.29 is 19.8 Å². The third kappa shape index (κ3) is 4.31. The Balaban J connectivity index is 2.20. The molecule has 1 heterocycles. The van der Waals surface area contributed by atoms with Gasteiger partial charge in [-0.25, -0.2) is 0 Å². The quantitative estimate of drug-likeness (QED) is 0.723. The van der Waals surface area contributed by atoms with Gasteiger partial charge in [-0.1, -0.05) is 37.1 Å². The van der Waals surface area contributed by atoms with Crippen molar-refractivity contribution >= 4 is 11.9 Å². The molecule has 3 N–H and O–H groups in total. The van der Waals surface area contributed by atoms with E-state index in [0.29, 0.717) is 12.8 Å². The lowest BCUT2D eigenvalue weighted by Crippen LogP contribution is -2.44. The molecule has 2 rings (SSSR count). The summed E-state index contributed by atoms with van der Waals surface area (Å²) in [6, 6.07) is 7.58. The van der Waals surface area contributed by atoms with Crippen LogP contribution in [-0.2, 0) is 22.4 Å². The van der Waals surface area contributed by atoms with E-state index in [-0.39, 0.29) is 6.61 Å². The van der Waals surface area contributed by atoms with Crippen LogP contribution in [0.3, 0.4) is 0 Å². The fraction of sp³-hybridized carbons (Fsp3) is 0.529. The molecule has 0 spiro atoms. The van der Waals surface area contributed by atoms with Crippen LogP contribution in [0.2, 0.25) is 0 Å². The molecule has 0 saturated carbocycles. The summed E-state index contributed by atoms with van der Waals surface area (Å²) in [7, 11) is 0. The molecule has 1 aliphatic rings. The van der Waals surface area contributed by atoms with Crippen LogP contribution >= 0.6 is 0 Å². The second-order valence-electron chi connectivity index (χ2n) is 5.85. The van der Waals surface area contributed by atoms with E-state index in [1.54, 1.807) is 0 Å². The standard InChI is InChI=1S/C17H23NO4/c19-11-14-10-13-8-5-4-7-12(13)6-2-1-3-9-15(17(21)22)16(20)18-14/h4-5,7-8,14-15,19H,1-3,6,9-11H2,(H,18,20)(H,21,22). The van der Waals surface area contributed by atoms with E-state index in [0.717, 1.165) is 31.2 Å². The maximum atomic E-state index is 12.1. The number of aryl methyl sites for hydroxylation is 1. The van der Waals surface area contributed by atoms with Gasteiger partial charge in [-0.15, -0.1) is 0 Å². The summed E-state index contributed by atoms with van der Waals surface area (Å²) in [6.07, 6.45) is 4.42. The van der Waals surface area contributed by atoms with E-state index >= 15 is 0 Å². The number of hydrogen-bond donors (Lipinski definition) is 3. The van der Waals surface area contributed by atoms with Gasteiger partial charge in [0.1, 0.15) is 5.92 Å². The number of carboxylic acid groups (broad SMARTS) is 1. The number of carbonyl (C=O) groups is 2. The Morgan fingerprint density at radius 2 is 1.91 bits per heavy atom. The first kappa shape index (κ1) is 16.5. The van der Waals surface area contributed by atoms with Gasteiger partial charge >= 0.3 is 5.97 Å². The first-order chi connectivity index (χ1) is 10.6. The van der Waals surface area contributed by atoms with Crippen molar-refractivity contribution in [1.82, 2.24) is 5.32 Å². The topological polar surface area (TPSA) is 86.6 Å². The molecule has 0 bridgehead atoms. The molecule has 0 saturated heterocycles. The molecular weight excluding hydrogens is 282 g/mol. The van der Waals surface area contributed by atoms with E-state index in [1.807, 2.05) is 18.2 Å². The third-order valence-electron chi connectivity index (χ3n) is 4.20. The average molecular weight is 305 g/mol. The minimum absolute atomic E-state index is 0.202. The van der Waals surface area contributed by atoms with Crippen molar-refractivity contribution in [2.24, 2.45) is 5.92 Å². The highest BCUT2D eigenvalue weighted by molar-refractivity contribution is 5.97. The second kappa shape index (κ2) is 7.94. The van der Waals surface area contributed by atoms with Gasteiger partial charge in [-0.05, 0) is 36.8 Å².